The smallest absolute Gasteiger partial charge is 0.329 e. The van der Waals surface area contributed by atoms with Crippen LogP contribution in [-0.2, 0) is 27.9 Å². The lowest BCUT2D eigenvalue weighted by atomic mass is 10.3. The van der Waals surface area contributed by atoms with Gasteiger partial charge in [0, 0.05) is 19.6 Å². The lowest BCUT2D eigenvalue weighted by Crippen LogP contribution is -2.31. The van der Waals surface area contributed by atoms with Crippen LogP contribution in [0.2, 0.25) is 0 Å². The van der Waals surface area contributed by atoms with Gasteiger partial charge in [0.25, 0.3) is 0 Å². The molecule has 0 unspecified atom stereocenters. The van der Waals surface area contributed by atoms with Gasteiger partial charge in [-0.25, -0.2) is 13.2 Å². The van der Waals surface area contributed by atoms with Crippen LogP contribution in [0.15, 0.2) is 52.2 Å². The monoisotopic (exact) mass is 474 g/mol. The fourth-order valence-corrected chi connectivity index (χ4v) is 5.34. The van der Waals surface area contributed by atoms with Crippen LogP contribution >= 0.6 is 0 Å². The number of para-hydroxylation sites is 2. The van der Waals surface area contributed by atoms with Gasteiger partial charge in [0.15, 0.2) is 0 Å². The standard InChI is InChI=1S/C23H30N4O5S/c1-5-14-26-19-10-8-9-11-20(19)27(23(26)29)16-22(28)24-18-15-17(12-13-21(18)32-4)33(30,31)25(6-2)7-3/h8-13,15H,5-7,14,16H2,1-4H3,(H,24,28). The lowest BCUT2D eigenvalue weighted by molar-refractivity contribution is -0.116. The van der Waals surface area contributed by atoms with E-state index in [1.165, 1.54) is 34.2 Å². The van der Waals surface area contributed by atoms with Crippen LogP contribution in [0.4, 0.5) is 5.69 Å². The molecule has 10 heteroatoms. The van der Waals surface area contributed by atoms with E-state index in [1.54, 1.807) is 24.5 Å². The number of carbonyl (C=O) groups is 1. The fraction of sp³-hybridized carbons (Fsp3) is 0.391. The van der Waals surface area contributed by atoms with Crippen molar-refractivity contribution in [2.75, 3.05) is 25.5 Å². The maximum atomic E-state index is 13.0. The van der Waals surface area contributed by atoms with Crippen LogP contribution in [-0.4, -0.2) is 48.0 Å². The molecule has 1 amide bonds. The molecule has 1 aromatic heterocycles. The second kappa shape index (κ2) is 10.2. The summed E-state index contributed by atoms with van der Waals surface area (Å²) < 4.78 is 35.5. The van der Waals surface area contributed by atoms with Crippen molar-refractivity contribution in [1.82, 2.24) is 13.4 Å². The Morgan fingerprint density at radius 1 is 1.03 bits per heavy atom. The molecular weight excluding hydrogens is 444 g/mol. The Morgan fingerprint density at radius 3 is 2.24 bits per heavy atom. The number of fused-ring (bicyclic) bond motifs is 1. The van der Waals surface area contributed by atoms with Gasteiger partial charge in [-0.05, 0) is 36.8 Å². The molecule has 0 bridgehead atoms. The normalized spacial score (nSPS) is 11.8. The molecule has 3 aromatic rings. The summed E-state index contributed by atoms with van der Waals surface area (Å²) in [5.74, 6) is -0.144. The number of nitrogens with one attached hydrogen (secondary N) is 1. The molecule has 178 valence electrons. The average molecular weight is 475 g/mol. The minimum absolute atomic E-state index is 0.0546. The van der Waals surface area contributed by atoms with E-state index in [2.05, 4.69) is 5.32 Å². The number of anilines is 1. The maximum Gasteiger partial charge on any atom is 0.329 e. The van der Waals surface area contributed by atoms with Gasteiger partial charge < -0.3 is 10.1 Å². The number of carbonyl (C=O) groups excluding carboxylic acids is 1. The first-order valence-electron chi connectivity index (χ1n) is 10.9. The molecule has 0 aliphatic rings. The summed E-state index contributed by atoms with van der Waals surface area (Å²) in [6.45, 7) is 6.50. The van der Waals surface area contributed by atoms with Crippen LogP contribution in [0, 0.1) is 0 Å². The zero-order valence-electron chi connectivity index (χ0n) is 19.4. The van der Waals surface area contributed by atoms with Crippen molar-refractivity contribution in [3.63, 3.8) is 0 Å². The second-order valence-corrected chi connectivity index (χ2v) is 9.45. The van der Waals surface area contributed by atoms with E-state index >= 15 is 0 Å². The van der Waals surface area contributed by atoms with Gasteiger partial charge in [-0.15, -0.1) is 0 Å². The highest BCUT2D eigenvalue weighted by atomic mass is 32.2. The van der Waals surface area contributed by atoms with E-state index in [1.807, 2.05) is 25.1 Å². The lowest BCUT2D eigenvalue weighted by Gasteiger charge is -2.19. The molecule has 0 fully saturated rings. The van der Waals surface area contributed by atoms with Gasteiger partial charge in [0.05, 0.1) is 28.7 Å². The summed E-state index contributed by atoms with van der Waals surface area (Å²) in [6, 6.07) is 11.7. The number of imidazole rings is 1. The molecule has 0 radical (unpaired) electrons. The summed E-state index contributed by atoms with van der Waals surface area (Å²) in [5.41, 5.74) is 1.39. The molecule has 0 spiro atoms. The minimum Gasteiger partial charge on any atom is -0.495 e. The molecule has 9 nitrogen and oxygen atoms in total. The number of hydrogen-bond donors (Lipinski definition) is 1. The number of ether oxygens (including phenoxy) is 1. The van der Waals surface area contributed by atoms with Crippen LogP contribution < -0.4 is 15.7 Å². The zero-order chi connectivity index (χ0) is 24.2. The Bertz CT molecular complexity index is 1310. The first-order valence-corrected chi connectivity index (χ1v) is 12.4. The SMILES string of the molecule is CCCn1c(=O)n(CC(=O)Nc2cc(S(=O)(=O)N(CC)CC)ccc2OC)c2ccccc21. The molecule has 0 atom stereocenters. The minimum atomic E-state index is -3.71. The highest BCUT2D eigenvalue weighted by molar-refractivity contribution is 7.89. The fourth-order valence-electron chi connectivity index (χ4n) is 3.86. The number of hydrogen-bond acceptors (Lipinski definition) is 5. The molecule has 0 aliphatic heterocycles. The van der Waals surface area contributed by atoms with Gasteiger partial charge in [-0.1, -0.05) is 32.9 Å². The Morgan fingerprint density at radius 2 is 1.67 bits per heavy atom. The Labute approximate surface area is 193 Å². The number of nitrogens with zero attached hydrogens (tertiary/aromatic N) is 3. The van der Waals surface area contributed by atoms with Crippen molar-refractivity contribution >= 4 is 32.7 Å². The van der Waals surface area contributed by atoms with Crippen molar-refractivity contribution in [3.05, 3.63) is 52.9 Å². The third-order valence-corrected chi connectivity index (χ3v) is 7.51. The van der Waals surface area contributed by atoms with Gasteiger partial charge >= 0.3 is 5.69 Å². The molecule has 33 heavy (non-hydrogen) atoms. The predicted octanol–water partition coefficient (Wildman–Crippen LogP) is 2.89. The topological polar surface area (TPSA) is 103 Å². The highest BCUT2D eigenvalue weighted by Crippen LogP contribution is 2.29. The summed E-state index contributed by atoms with van der Waals surface area (Å²) in [7, 11) is -2.28. The largest absolute Gasteiger partial charge is 0.495 e. The number of aromatic nitrogens is 2. The van der Waals surface area contributed by atoms with Gasteiger partial charge in [0.2, 0.25) is 15.9 Å². The molecule has 1 N–H and O–H groups in total. The first kappa shape index (κ1) is 24.5. The first-order chi connectivity index (χ1) is 15.8. The van der Waals surface area contributed by atoms with E-state index in [4.69, 9.17) is 4.74 Å². The maximum absolute atomic E-state index is 13.0. The Kier molecular flexibility index (Phi) is 7.60. The van der Waals surface area contributed by atoms with Crippen LogP contribution in [0.25, 0.3) is 11.0 Å². The number of benzene rings is 2. The average Bonchev–Trinajstić information content (AvgIpc) is 3.06. The molecule has 0 saturated carbocycles. The van der Waals surface area contributed by atoms with Crippen molar-refractivity contribution in [2.45, 2.75) is 45.2 Å². The quantitative estimate of drug-likeness (QED) is 0.487. The van der Waals surface area contributed by atoms with Crippen molar-refractivity contribution in [1.29, 1.82) is 0 Å². The number of rotatable bonds is 10. The van der Waals surface area contributed by atoms with Crippen LogP contribution in [0.3, 0.4) is 0 Å². The third-order valence-electron chi connectivity index (χ3n) is 5.46. The zero-order valence-corrected chi connectivity index (χ0v) is 20.2. The predicted molar refractivity (Wildman–Crippen MR) is 128 cm³/mol. The van der Waals surface area contributed by atoms with Gasteiger partial charge in [-0.2, -0.15) is 4.31 Å². The van der Waals surface area contributed by atoms with E-state index in [9.17, 15) is 18.0 Å². The van der Waals surface area contributed by atoms with Gasteiger partial charge in [-0.3, -0.25) is 13.9 Å². The van der Waals surface area contributed by atoms with E-state index in [0.29, 0.717) is 30.9 Å². The van der Waals surface area contributed by atoms with E-state index in [0.717, 1.165) is 11.9 Å². The second-order valence-electron chi connectivity index (χ2n) is 7.51. The van der Waals surface area contributed by atoms with Gasteiger partial charge in [0.1, 0.15) is 12.3 Å². The summed E-state index contributed by atoms with van der Waals surface area (Å²) in [6.07, 6.45) is 0.783. The molecular formula is C23H30N4O5S. The molecule has 1 heterocycles. The number of methoxy groups -OCH3 is 1. The third kappa shape index (κ3) is 4.81. The summed E-state index contributed by atoms with van der Waals surface area (Å²) >= 11 is 0. The molecule has 0 saturated heterocycles. The summed E-state index contributed by atoms with van der Waals surface area (Å²) in [4.78, 5) is 25.9. The summed E-state index contributed by atoms with van der Waals surface area (Å²) in [5, 5.41) is 2.71. The van der Waals surface area contributed by atoms with Crippen molar-refractivity contribution in [2.24, 2.45) is 0 Å². The Hall–Kier alpha value is -3.11. The molecule has 2 aromatic carbocycles. The van der Waals surface area contributed by atoms with E-state index < -0.39 is 15.9 Å². The van der Waals surface area contributed by atoms with E-state index in [-0.39, 0.29) is 22.8 Å². The van der Waals surface area contributed by atoms with Crippen LogP contribution in [0.1, 0.15) is 27.2 Å². The van der Waals surface area contributed by atoms with Crippen molar-refractivity contribution < 1.29 is 17.9 Å². The molecule has 3 rings (SSSR count). The number of sulfonamides is 1. The number of amides is 1. The Balaban J connectivity index is 1.94. The van der Waals surface area contributed by atoms with Crippen LogP contribution in [0.5, 0.6) is 5.75 Å². The number of aryl methyl sites for hydroxylation is 1. The highest BCUT2D eigenvalue weighted by Gasteiger charge is 2.23. The van der Waals surface area contributed by atoms with Crippen molar-refractivity contribution in [3.8, 4) is 5.75 Å². The molecule has 0 aliphatic carbocycles.